The van der Waals surface area contributed by atoms with Gasteiger partial charge in [-0.15, -0.1) is 0 Å². The molecule has 1 fully saturated rings. The zero-order valence-corrected chi connectivity index (χ0v) is 19.2. The van der Waals surface area contributed by atoms with Gasteiger partial charge in [-0.25, -0.2) is 9.97 Å². The van der Waals surface area contributed by atoms with Gasteiger partial charge in [0.2, 0.25) is 0 Å². The third kappa shape index (κ3) is 5.88. The molecule has 1 saturated heterocycles. The highest BCUT2D eigenvalue weighted by Gasteiger charge is 2.18. The molecule has 0 atom stereocenters. The van der Waals surface area contributed by atoms with Crippen molar-refractivity contribution in [2.75, 3.05) is 18.5 Å². The number of amides is 1. The summed E-state index contributed by atoms with van der Waals surface area (Å²) in [5, 5.41) is 15.7. The number of rotatable bonds is 7. The summed E-state index contributed by atoms with van der Waals surface area (Å²) >= 11 is 0. The summed E-state index contributed by atoms with van der Waals surface area (Å²) in [5.41, 5.74) is 2.56. The normalized spacial score (nSPS) is 13.8. The number of carbonyl (C=O) groups is 1. The van der Waals surface area contributed by atoms with Crippen molar-refractivity contribution in [3.8, 4) is 23.2 Å². The van der Waals surface area contributed by atoms with E-state index < -0.39 is 0 Å². The predicted octanol–water partition coefficient (Wildman–Crippen LogP) is 4.45. The second kappa shape index (κ2) is 10.8. The molecule has 1 amide bonds. The van der Waals surface area contributed by atoms with E-state index in [1.54, 1.807) is 36.5 Å². The van der Waals surface area contributed by atoms with Gasteiger partial charge < -0.3 is 20.1 Å². The van der Waals surface area contributed by atoms with Crippen LogP contribution >= 0.6 is 0 Å². The van der Waals surface area contributed by atoms with Gasteiger partial charge in [0.1, 0.15) is 23.7 Å². The molecule has 1 aromatic heterocycles. The summed E-state index contributed by atoms with van der Waals surface area (Å²) < 4.78 is 11.4. The largest absolute Gasteiger partial charge is 0.489 e. The lowest BCUT2D eigenvalue weighted by Gasteiger charge is -2.23. The topological polar surface area (TPSA) is 109 Å². The van der Waals surface area contributed by atoms with Crippen LogP contribution in [0.15, 0.2) is 54.7 Å². The van der Waals surface area contributed by atoms with Crippen LogP contribution in [-0.4, -0.2) is 41.2 Å². The summed E-state index contributed by atoms with van der Waals surface area (Å²) in [7, 11) is 0. The number of hydrogen-bond acceptors (Lipinski definition) is 7. The minimum Gasteiger partial charge on any atom is -0.489 e. The van der Waals surface area contributed by atoms with E-state index in [1.165, 1.54) is 0 Å². The standard InChI is InChI=1S/C26H27N5O3/c1-17(2)29-26(32)18-3-6-21(7-4-18)30-24-9-12-28-25(31-24)19-5-8-23(20(15-19)16-27)34-22-10-13-33-14-11-22/h3-9,12,15,17,22H,10-11,13-14H2,1-2H3,(H,29,32)(H,28,30,31). The molecule has 8 nitrogen and oxygen atoms in total. The Morgan fingerprint density at radius 2 is 1.91 bits per heavy atom. The molecule has 3 aromatic rings. The SMILES string of the molecule is CC(C)NC(=O)c1ccc(Nc2ccnc(-c3ccc(OC4CCOCC4)c(C#N)c3)n2)cc1. The summed E-state index contributed by atoms with van der Waals surface area (Å²) in [4.78, 5) is 21.1. The number of nitrogens with zero attached hydrogens (tertiary/aromatic N) is 3. The zero-order chi connectivity index (χ0) is 23.9. The van der Waals surface area contributed by atoms with Crippen LogP contribution in [0, 0.1) is 11.3 Å². The summed E-state index contributed by atoms with van der Waals surface area (Å²) in [6, 6.07) is 16.6. The van der Waals surface area contributed by atoms with E-state index in [4.69, 9.17) is 9.47 Å². The lowest BCUT2D eigenvalue weighted by molar-refractivity contribution is 0.0254. The fourth-order valence-electron chi connectivity index (χ4n) is 3.60. The van der Waals surface area contributed by atoms with Crippen molar-refractivity contribution in [3.63, 3.8) is 0 Å². The number of nitriles is 1. The van der Waals surface area contributed by atoms with Crippen molar-refractivity contribution < 1.29 is 14.3 Å². The molecule has 4 rings (SSSR count). The van der Waals surface area contributed by atoms with E-state index in [-0.39, 0.29) is 18.1 Å². The first-order chi connectivity index (χ1) is 16.5. The molecule has 0 bridgehead atoms. The number of aromatic nitrogens is 2. The Kier molecular flexibility index (Phi) is 7.35. The lowest BCUT2D eigenvalue weighted by Crippen LogP contribution is -2.29. The minimum atomic E-state index is -0.108. The number of hydrogen-bond donors (Lipinski definition) is 2. The molecule has 0 spiro atoms. The van der Waals surface area contributed by atoms with Gasteiger partial charge in [-0.3, -0.25) is 4.79 Å². The Balaban J connectivity index is 1.48. The molecule has 2 heterocycles. The van der Waals surface area contributed by atoms with Gasteiger partial charge in [0.05, 0.1) is 18.8 Å². The number of benzene rings is 2. The third-order valence-corrected chi connectivity index (χ3v) is 5.32. The Bertz CT molecular complexity index is 1180. The van der Waals surface area contributed by atoms with Crippen molar-refractivity contribution in [3.05, 3.63) is 65.9 Å². The van der Waals surface area contributed by atoms with Crippen LogP contribution in [0.1, 0.15) is 42.6 Å². The van der Waals surface area contributed by atoms with Crippen molar-refractivity contribution in [2.45, 2.75) is 38.8 Å². The minimum absolute atomic E-state index is 0.0540. The number of ether oxygens (including phenoxy) is 2. The van der Waals surface area contributed by atoms with Gasteiger partial charge in [0.15, 0.2) is 5.82 Å². The highest BCUT2D eigenvalue weighted by Crippen LogP contribution is 2.27. The van der Waals surface area contributed by atoms with Gasteiger partial charge in [-0.05, 0) is 62.4 Å². The quantitative estimate of drug-likeness (QED) is 0.539. The van der Waals surface area contributed by atoms with Gasteiger partial charge in [-0.2, -0.15) is 5.26 Å². The molecule has 2 N–H and O–H groups in total. The number of carbonyl (C=O) groups excluding carboxylic acids is 1. The van der Waals surface area contributed by atoms with Crippen LogP contribution in [-0.2, 0) is 4.74 Å². The molecular weight excluding hydrogens is 430 g/mol. The van der Waals surface area contributed by atoms with Crippen LogP contribution in [0.4, 0.5) is 11.5 Å². The molecular formula is C26H27N5O3. The van der Waals surface area contributed by atoms with E-state index >= 15 is 0 Å². The molecule has 0 unspecified atom stereocenters. The lowest BCUT2D eigenvalue weighted by atomic mass is 10.1. The first-order valence-corrected chi connectivity index (χ1v) is 11.3. The molecule has 1 aliphatic heterocycles. The summed E-state index contributed by atoms with van der Waals surface area (Å²) in [5.74, 6) is 1.55. The number of anilines is 2. The molecule has 1 aliphatic rings. The first kappa shape index (κ1) is 23.2. The van der Waals surface area contributed by atoms with E-state index in [9.17, 15) is 10.1 Å². The Morgan fingerprint density at radius 3 is 2.62 bits per heavy atom. The van der Waals surface area contributed by atoms with Gasteiger partial charge >= 0.3 is 0 Å². The Hall–Kier alpha value is -3.96. The maximum Gasteiger partial charge on any atom is 0.251 e. The van der Waals surface area contributed by atoms with Gasteiger partial charge in [0.25, 0.3) is 5.91 Å². The first-order valence-electron chi connectivity index (χ1n) is 11.3. The van der Waals surface area contributed by atoms with Gasteiger partial charge in [-0.1, -0.05) is 0 Å². The van der Waals surface area contributed by atoms with E-state index in [2.05, 4.69) is 26.7 Å². The molecule has 0 radical (unpaired) electrons. The highest BCUT2D eigenvalue weighted by atomic mass is 16.5. The zero-order valence-electron chi connectivity index (χ0n) is 19.2. The molecule has 0 aliphatic carbocycles. The smallest absolute Gasteiger partial charge is 0.251 e. The average molecular weight is 458 g/mol. The van der Waals surface area contributed by atoms with Crippen LogP contribution in [0.25, 0.3) is 11.4 Å². The Morgan fingerprint density at radius 1 is 1.15 bits per heavy atom. The van der Waals surface area contributed by atoms with Crippen molar-refractivity contribution in [1.82, 2.24) is 15.3 Å². The number of nitrogens with one attached hydrogen (secondary N) is 2. The van der Waals surface area contributed by atoms with Crippen LogP contribution in [0.5, 0.6) is 5.75 Å². The fourth-order valence-corrected chi connectivity index (χ4v) is 3.60. The van der Waals surface area contributed by atoms with Crippen LogP contribution < -0.4 is 15.4 Å². The van der Waals surface area contributed by atoms with Crippen molar-refractivity contribution >= 4 is 17.4 Å². The van der Waals surface area contributed by atoms with Crippen molar-refractivity contribution in [2.24, 2.45) is 0 Å². The maximum absolute atomic E-state index is 12.1. The van der Waals surface area contributed by atoms with Crippen LogP contribution in [0.2, 0.25) is 0 Å². The predicted molar refractivity (Wildman–Crippen MR) is 129 cm³/mol. The second-order valence-corrected chi connectivity index (χ2v) is 8.35. The second-order valence-electron chi connectivity index (χ2n) is 8.35. The molecule has 8 heteroatoms. The van der Waals surface area contributed by atoms with Crippen LogP contribution in [0.3, 0.4) is 0 Å². The monoisotopic (exact) mass is 457 g/mol. The van der Waals surface area contributed by atoms with Gasteiger partial charge in [0, 0.05) is 41.9 Å². The average Bonchev–Trinajstić information content (AvgIpc) is 2.85. The molecule has 174 valence electrons. The summed E-state index contributed by atoms with van der Waals surface area (Å²) in [6.07, 6.45) is 3.34. The van der Waals surface area contributed by atoms with Crippen molar-refractivity contribution in [1.29, 1.82) is 5.26 Å². The Labute approximate surface area is 199 Å². The fraction of sp³-hybridized carbons (Fsp3) is 0.308. The summed E-state index contributed by atoms with van der Waals surface area (Å²) in [6.45, 7) is 5.19. The van der Waals surface area contributed by atoms with E-state index in [0.717, 1.165) is 24.1 Å². The maximum atomic E-state index is 12.1. The van der Waals surface area contributed by atoms with E-state index in [0.29, 0.717) is 41.7 Å². The molecule has 0 saturated carbocycles. The third-order valence-electron chi connectivity index (χ3n) is 5.32. The highest BCUT2D eigenvalue weighted by molar-refractivity contribution is 5.94. The molecule has 2 aromatic carbocycles. The van der Waals surface area contributed by atoms with E-state index in [1.807, 2.05) is 32.0 Å². The molecule has 34 heavy (non-hydrogen) atoms.